The van der Waals surface area contributed by atoms with Crippen molar-refractivity contribution in [3.63, 3.8) is 0 Å². The minimum absolute atomic E-state index is 0.194. The highest BCUT2D eigenvalue weighted by Gasteiger charge is 2.48. The van der Waals surface area contributed by atoms with E-state index in [0.717, 1.165) is 24.2 Å². The van der Waals surface area contributed by atoms with Gasteiger partial charge in [-0.05, 0) is 68.1 Å². The largest absolute Gasteiger partial charge is 0.393 e. The van der Waals surface area contributed by atoms with E-state index in [2.05, 4.69) is 0 Å². The highest BCUT2D eigenvalue weighted by atomic mass is 16.3. The zero-order valence-electron chi connectivity index (χ0n) is 12.6. The quantitative estimate of drug-likeness (QED) is 0.679. The van der Waals surface area contributed by atoms with Crippen molar-refractivity contribution in [2.24, 2.45) is 35.5 Å². The van der Waals surface area contributed by atoms with Crippen LogP contribution in [0.15, 0.2) is 0 Å². The lowest BCUT2D eigenvalue weighted by molar-refractivity contribution is -0.0423. The molecule has 0 bridgehead atoms. The van der Waals surface area contributed by atoms with Gasteiger partial charge in [-0.1, -0.05) is 25.7 Å². The monoisotopic (exact) mass is 278 g/mol. The molecule has 0 aliphatic heterocycles. The van der Waals surface area contributed by atoms with E-state index in [1.165, 1.54) is 57.8 Å². The first-order chi connectivity index (χ1) is 9.72. The number of aliphatic hydroxyl groups is 2. The highest BCUT2D eigenvalue weighted by molar-refractivity contribution is 4.98. The normalized spacial score (nSPS) is 32.7. The summed E-state index contributed by atoms with van der Waals surface area (Å²) in [5.74, 6) is 3.76. The van der Waals surface area contributed by atoms with Crippen LogP contribution in [0.4, 0.5) is 0 Å². The van der Waals surface area contributed by atoms with E-state index in [1.54, 1.807) is 0 Å². The second kappa shape index (κ2) is 5.28. The molecule has 0 heterocycles. The lowest BCUT2D eigenvalue weighted by Gasteiger charge is -2.33. The smallest absolute Gasteiger partial charge is 0.0626 e. The molecule has 20 heavy (non-hydrogen) atoms. The Morgan fingerprint density at radius 1 is 0.700 bits per heavy atom. The molecule has 0 radical (unpaired) electrons. The predicted molar refractivity (Wildman–Crippen MR) is 79.1 cm³/mol. The van der Waals surface area contributed by atoms with E-state index in [1.807, 2.05) is 0 Å². The predicted octanol–water partition coefficient (Wildman–Crippen LogP) is 3.36. The van der Waals surface area contributed by atoms with Gasteiger partial charge in [0.1, 0.15) is 0 Å². The molecule has 4 unspecified atom stereocenters. The third-order valence-corrected chi connectivity index (χ3v) is 6.25. The molecule has 0 aromatic rings. The number of aliphatic hydroxyl groups excluding tert-OH is 2. The lowest BCUT2D eigenvalue weighted by atomic mass is 9.78. The first-order valence-corrected chi connectivity index (χ1v) is 9.08. The van der Waals surface area contributed by atoms with Crippen LogP contribution in [-0.2, 0) is 0 Å². The van der Waals surface area contributed by atoms with E-state index in [0.29, 0.717) is 11.8 Å². The van der Waals surface area contributed by atoms with Gasteiger partial charge in [-0.2, -0.15) is 0 Å². The van der Waals surface area contributed by atoms with Gasteiger partial charge < -0.3 is 10.2 Å². The second-order valence-electron chi connectivity index (χ2n) is 8.33. The molecule has 4 fully saturated rings. The van der Waals surface area contributed by atoms with Gasteiger partial charge in [-0.15, -0.1) is 0 Å². The number of hydrogen-bond acceptors (Lipinski definition) is 2. The molecule has 2 nitrogen and oxygen atoms in total. The van der Waals surface area contributed by atoms with Crippen LogP contribution in [0.1, 0.15) is 64.2 Å². The van der Waals surface area contributed by atoms with Crippen LogP contribution in [-0.4, -0.2) is 22.4 Å². The van der Waals surface area contributed by atoms with E-state index in [9.17, 15) is 10.2 Å². The highest BCUT2D eigenvalue weighted by Crippen LogP contribution is 2.51. The van der Waals surface area contributed by atoms with Gasteiger partial charge in [0.2, 0.25) is 0 Å². The maximum absolute atomic E-state index is 11.0. The molecule has 0 aromatic heterocycles. The molecule has 2 heteroatoms. The van der Waals surface area contributed by atoms with Crippen LogP contribution < -0.4 is 0 Å². The average molecular weight is 278 g/mol. The Kier molecular flexibility index (Phi) is 3.58. The Morgan fingerprint density at radius 2 is 1.25 bits per heavy atom. The lowest BCUT2D eigenvalue weighted by Crippen LogP contribution is -2.39. The summed E-state index contributed by atoms with van der Waals surface area (Å²) in [5, 5.41) is 21.7. The molecule has 0 aromatic carbocycles. The van der Waals surface area contributed by atoms with E-state index in [-0.39, 0.29) is 18.1 Å². The van der Waals surface area contributed by atoms with Crippen LogP contribution in [0, 0.1) is 35.5 Å². The summed E-state index contributed by atoms with van der Waals surface area (Å²) in [6, 6.07) is 0. The van der Waals surface area contributed by atoms with E-state index >= 15 is 0 Å². The maximum atomic E-state index is 11.0. The van der Waals surface area contributed by atoms with Crippen molar-refractivity contribution in [2.45, 2.75) is 76.4 Å². The number of hydrogen-bond donors (Lipinski definition) is 2. The molecule has 4 atom stereocenters. The Morgan fingerprint density at radius 3 is 1.75 bits per heavy atom. The summed E-state index contributed by atoms with van der Waals surface area (Å²) in [7, 11) is 0. The van der Waals surface area contributed by atoms with Crippen molar-refractivity contribution in [1.29, 1.82) is 0 Å². The van der Waals surface area contributed by atoms with Gasteiger partial charge in [0.15, 0.2) is 0 Å². The third-order valence-electron chi connectivity index (χ3n) is 6.25. The third kappa shape index (κ3) is 3.22. The molecule has 4 saturated carbocycles. The van der Waals surface area contributed by atoms with Crippen LogP contribution in [0.2, 0.25) is 0 Å². The molecule has 0 saturated heterocycles. The Hall–Kier alpha value is -0.0800. The molecular weight excluding hydrogens is 248 g/mol. The van der Waals surface area contributed by atoms with Crippen LogP contribution >= 0.6 is 0 Å². The van der Waals surface area contributed by atoms with Gasteiger partial charge in [-0.3, -0.25) is 0 Å². The zero-order chi connectivity index (χ0) is 13.7. The fraction of sp³-hybridized carbons (Fsp3) is 1.00. The van der Waals surface area contributed by atoms with Crippen LogP contribution in [0.3, 0.4) is 0 Å². The van der Waals surface area contributed by atoms with Crippen molar-refractivity contribution in [1.82, 2.24) is 0 Å². The fourth-order valence-corrected chi connectivity index (χ4v) is 4.31. The standard InChI is InChI=1S/C18H30O2/c19-16(10-12-3-4-12)17(14-7-8-14)18(20)15(13-5-6-13)9-11-1-2-11/h11-20H,1-10H2. The van der Waals surface area contributed by atoms with Crippen molar-refractivity contribution < 1.29 is 10.2 Å². The molecule has 4 aliphatic carbocycles. The van der Waals surface area contributed by atoms with Crippen molar-refractivity contribution in [2.75, 3.05) is 0 Å². The van der Waals surface area contributed by atoms with Crippen molar-refractivity contribution >= 4 is 0 Å². The summed E-state index contributed by atoms with van der Waals surface area (Å²) in [6.07, 6.45) is 12.3. The van der Waals surface area contributed by atoms with Gasteiger partial charge in [-0.25, -0.2) is 0 Å². The topological polar surface area (TPSA) is 40.5 Å². The summed E-state index contributed by atoms with van der Waals surface area (Å²) in [4.78, 5) is 0. The molecule has 4 aliphatic rings. The Balaban J connectivity index is 1.42. The van der Waals surface area contributed by atoms with E-state index in [4.69, 9.17) is 0 Å². The zero-order valence-corrected chi connectivity index (χ0v) is 12.6. The van der Waals surface area contributed by atoms with Crippen LogP contribution in [0.5, 0.6) is 0 Å². The fourth-order valence-electron chi connectivity index (χ4n) is 4.31. The Bertz CT molecular complexity index is 339. The van der Waals surface area contributed by atoms with Gasteiger partial charge in [0.05, 0.1) is 12.2 Å². The second-order valence-corrected chi connectivity index (χ2v) is 8.33. The van der Waals surface area contributed by atoms with Crippen molar-refractivity contribution in [3.05, 3.63) is 0 Å². The van der Waals surface area contributed by atoms with Gasteiger partial charge >= 0.3 is 0 Å². The van der Waals surface area contributed by atoms with E-state index < -0.39 is 0 Å². The number of rotatable bonds is 9. The summed E-state index contributed by atoms with van der Waals surface area (Å²) < 4.78 is 0. The first kappa shape index (κ1) is 13.6. The minimum Gasteiger partial charge on any atom is -0.393 e. The Labute approximate surface area is 123 Å². The van der Waals surface area contributed by atoms with Gasteiger partial charge in [0, 0.05) is 5.92 Å². The summed E-state index contributed by atoms with van der Waals surface area (Å²) in [5.41, 5.74) is 0. The molecule has 114 valence electrons. The minimum atomic E-state index is -0.231. The molecule has 0 spiro atoms. The average Bonchev–Trinajstić information content (AvgIpc) is 3.17. The molecular formula is C18H30O2. The van der Waals surface area contributed by atoms with Crippen LogP contribution in [0.25, 0.3) is 0 Å². The molecule has 4 rings (SSSR count). The summed E-state index contributed by atoms with van der Waals surface area (Å²) >= 11 is 0. The van der Waals surface area contributed by atoms with Gasteiger partial charge in [0.25, 0.3) is 0 Å². The summed E-state index contributed by atoms with van der Waals surface area (Å²) in [6.45, 7) is 0. The first-order valence-electron chi connectivity index (χ1n) is 9.08. The maximum Gasteiger partial charge on any atom is 0.0626 e. The van der Waals surface area contributed by atoms with Crippen molar-refractivity contribution in [3.8, 4) is 0 Å². The SMILES string of the molecule is OC(CC1CC1)C(C1CC1)C(O)C(CC1CC1)C1CC1. The molecule has 0 amide bonds. The molecule has 2 N–H and O–H groups in total.